The summed E-state index contributed by atoms with van der Waals surface area (Å²) in [7, 11) is -8.20. The van der Waals surface area contributed by atoms with Gasteiger partial charge in [0.15, 0.2) is 0 Å². The first kappa shape index (κ1) is 30.7. The lowest BCUT2D eigenvalue weighted by molar-refractivity contribution is -0.117. The van der Waals surface area contributed by atoms with Crippen LogP contribution in [0.3, 0.4) is 0 Å². The van der Waals surface area contributed by atoms with Crippen molar-refractivity contribution in [3.63, 3.8) is 0 Å². The standard InChI is InChI=1S/C11H13NO4S.C6H11NO4S.C2H6/c1-2-11(13)12-10(8-17(14,15)16)9-6-4-3-5-7-9;1-3-6(8)7-5(2)4-12(9,10)11;1-2/h2-7,10H,1,8H2,(H,12,13)(H,14,15,16);3,5H,1,4H2,2H3,(H,7,8)(H,9,10,11);1-2H3. The van der Waals surface area contributed by atoms with Crippen LogP contribution in [0.25, 0.3) is 0 Å². The molecule has 2 unspecified atom stereocenters. The molecule has 0 aliphatic carbocycles. The Balaban J connectivity index is 0. The van der Waals surface area contributed by atoms with Crippen molar-refractivity contribution in [1.82, 2.24) is 10.6 Å². The van der Waals surface area contributed by atoms with E-state index in [1.54, 1.807) is 30.3 Å². The highest BCUT2D eigenvalue weighted by Crippen LogP contribution is 2.14. The second-order valence-corrected chi connectivity index (χ2v) is 8.78. The third kappa shape index (κ3) is 18.0. The van der Waals surface area contributed by atoms with Gasteiger partial charge in [0.1, 0.15) is 0 Å². The summed E-state index contributed by atoms with van der Waals surface area (Å²) in [6, 6.07) is 7.11. The van der Waals surface area contributed by atoms with Crippen molar-refractivity contribution in [3.8, 4) is 0 Å². The molecule has 0 saturated carbocycles. The number of carbonyl (C=O) groups excluding carboxylic acids is 2. The molecular formula is C19H30N2O8S2. The van der Waals surface area contributed by atoms with Crippen LogP contribution in [0.5, 0.6) is 0 Å². The zero-order valence-corrected chi connectivity index (χ0v) is 19.3. The first-order valence-electron chi connectivity index (χ1n) is 9.08. The van der Waals surface area contributed by atoms with E-state index in [0.717, 1.165) is 12.2 Å². The number of hydrogen-bond acceptors (Lipinski definition) is 6. The smallest absolute Gasteiger partial charge is 0.267 e. The van der Waals surface area contributed by atoms with Gasteiger partial charge in [-0.15, -0.1) is 0 Å². The van der Waals surface area contributed by atoms with Crippen molar-refractivity contribution in [3.05, 3.63) is 61.2 Å². The third-order valence-electron chi connectivity index (χ3n) is 3.12. The number of benzene rings is 1. The molecule has 10 nitrogen and oxygen atoms in total. The van der Waals surface area contributed by atoms with Crippen LogP contribution in [-0.4, -0.2) is 55.3 Å². The highest BCUT2D eigenvalue weighted by Gasteiger charge is 2.19. The Hall–Kier alpha value is -2.54. The maximum absolute atomic E-state index is 11.2. The van der Waals surface area contributed by atoms with Gasteiger partial charge in [-0.2, -0.15) is 16.8 Å². The summed E-state index contributed by atoms with van der Waals surface area (Å²) < 4.78 is 59.5. The molecule has 0 fully saturated rings. The molecule has 0 bridgehead atoms. The van der Waals surface area contributed by atoms with Crippen LogP contribution in [-0.2, 0) is 29.8 Å². The van der Waals surface area contributed by atoms with Crippen molar-refractivity contribution in [2.75, 3.05) is 11.5 Å². The first-order valence-corrected chi connectivity index (χ1v) is 12.3. The van der Waals surface area contributed by atoms with Crippen LogP contribution in [0.15, 0.2) is 55.6 Å². The molecule has 0 heterocycles. The van der Waals surface area contributed by atoms with E-state index >= 15 is 0 Å². The van der Waals surface area contributed by atoms with Gasteiger partial charge in [-0.3, -0.25) is 18.7 Å². The van der Waals surface area contributed by atoms with E-state index in [1.807, 2.05) is 13.8 Å². The number of carbonyl (C=O) groups is 2. The summed E-state index contributed by atoms with van der Waals surface area (Å²) in [5.74, 6) is -2.03. The maximum atomic E-state index is 11.2. The Morgan fingerprint density at radius 2 is 1.32 bits per heavy atom. The highest BCUT2D eigenvalue weighted by atomic mass is 32.2. The second-order valence-electron chi connectivity index (χ2n) is 5.79. The minimum atomic E-state index is -4.17. The van der Waals surface area contributed by atoms with Crippen molar-refractivity contribution >= 4 is 32.1 Å². The van der Waals surface area contributed by atoms with Gasteiger partial charge in [-0.25, -0.2) is 0 Å². The lowest BCUT2D eigenvalue weighted by Crippen LogP contribution is -2.36. The van der Waals surface area contributed by atoms with Crippen LogP contribution in [0.2, 0.25) is 0 Å². The van der Waals surface area contributed by atoms with Gasteiger partial charge in [0.25, 0.3) is 20.2 Å². The largest absolute Gasteiger partial charge is 0.349 e. The minimum Gasteiger partial charge on any atom is -0.349 e. The Bertz CT molecular complexity index is 913. The summed E-state index contributed by atoms with van der Waals surface area (Å²) in [4.78, 5) is 21.8. The van der Waals surface area contributed by atoms with Crippen molar-refractivity contribution in [2.45, 2.75) is 32.9 Å². The molecule has 12 heteroatoms. The Morgan fingerprint density at radius 1 is 0.903 bits per heavy atom. The summed E-state index contributed by atoms with van der Waals surface area (Å²) in [6.45, 7) is 11.9. The van der Waals surface area contributed by atoms with Crippen molar-refractivity contribution in [2.24, 2.45) is 0 Å². The molecule has 1 rings (SSSR count). The van der Waals surface area contributed by atoms with E-state index in [0.29, 0.717) is 5.56 Å². The predicted molar refractivity (Wildman–Crippen MR) is 120 cm³/mol. The zero-order chi connectivity index (χ0) is 24.7. The molecule has 1 aromatic carbocycles. The zero-order valence-electron chi connectivity index (χ0n) is 17.7. The van der Waals surface area contributed by atoms with E-state index in [1.165, 1.54) is 6.92 Å². The van der Waals surface area contributed by atoms with Crippen LogP contribution < -0.4 is 10.6 Å². The molecule has 0 saturated heterocycles. The molecule has 0 spiro atoms. The fourth-order valence-corrected chi connectivity index (χ4v) is 3.42. The van der Waals surface area contributed by atoms with Gasteiger partial charge in [0.2, 0.25) is 11.8 Å². The molecule has 2 atom stereocenters. The van der Waals surface area contributed by atoms with Crippen LogP contribution in [0.1, 0.15) is 32.4 Å². The van der Waals surface area contributed by atoms with Crippen molar-refractivity contribution in [1.29, 1.82) is 0 Å². The fourth-order valence-electron chi connectivity index (χ4n) is 2.01. The number of rotatable bonds is 9. The van der Waals surface area contributed by atoms with Gasteiger partial charge in [-0.05, 0) is 24.6 Å². The van der Waals surface area contributed by atoms with E-state index in [9.17, 15) is 26.4 Å². The molecule has 1 aromatic rings. The maximum Gasteiger partial charge on any atom is 0.267 e. The van der Waals surface area contributed by atoms with E-state index in [4.69, 9.17) is 9.11 Å². The average molecular weight is 479 g/mol. The molecular weight excluding hydrogens is 448 g/mol. The Morgan fingerprint density at radius 3 is 1.71 bits per heavy atom. The Labute approximate surface area is 183 Å². The van der Waals surface area contributed by atoms with Gasteiger partial charge < -0.3 is 10.6 Å². The van der Waals surface area contributed by atoms with Gasteiger partial charge in [0.05, 0.1) is 17.5 Å². The van der Waals surface area contributed by atoms with Gasteiger partial charge in [0, 0.05) is 6.04 Å². The SMILES string of the molecule is C=CC(=O)NC(C)CS(=O)(=O)O.C=CC(=O)NC(CS(=O)(=O)O)c1ccccc1.CC. The monoisotopic (exact) mass is 478 g/mol. The third-order valence-corrected chi connectivity index (χ3v) is 4.79. The molecule has 0 radical (unpaired) electrons. The van der Waals surface area contributed by atoms with Crippen molar-refractivity contribution < 1.29 is 35.5 Å². The van der Waals surface area contributed by atoms with Crippen LogP contribution in [0.4, 0.5) is 0 Å². The second kappa shape index (κ2) is 15.3. The molecule has 0 aliphatic rings. The molecule has 2 amide bonds. The molecule has 176 valence electrons. The Kier molecular flexibility index (Phi) is 15.1. The fraction of sp³-hybridized carbons (Fsp3) is 0.368. The lowest BCUT2D eigenvalue weighted by Gasteiger charge is -2.16. The summed E-state index contributed by atoms with van der Waals surface area (Å²) in [5, 5.41) is 4.73. The quantitative estimate of drug-likeness (QED) is 0.306. The van der Waals surface area contributed by atoms with Crippen LogP contribution in [0, 0.1) is 0 Å². The highest BCUT2D eigenvalue weighted by molar-refractivity contribution is 7.86. The minimum absolute atomic E-state index is 0.467. The van der Waals surface area contributed by atoms with Crippen LogP contribution >= 0.6 is 0 Å². The normalized spacial score (nSPS) is 12.4. The topological polar surface area (TPSA) is 167 Å². The number of amides is 2. The summed E-state index contributed by atoms with van der Waals surface area (Å²) in [5.41, 5.74) is 0.598. The van der Waals surface area contributed by atoms with E-state index in [-0.39, 0.29) is 0 Å². The van der Waals surface area contributed by atoms with Gasteiger partial charge in [-0.1, -0.05) is 57.3 Å². The molecule has 31 heavy (non-hydrogen) atoms. The number of hydrogen-bond donors (Lipinski definition) is 4. The lowest BCUT2D eigenvalue weighted by atomic mass is 10.1. The van der Waals surface area contributed by atoms with E-state index < -0.39 is 55.6 Å². The summed E-state index contributed by atoms with van der Waals surface area (Å²) >= 11 is 0. The van der Waals surface area contributed by atoms with E-state index in [2.05, 4.69) is 23.8 Å². The average Bonchev–Trinajstić information content (AvgIpc) is 2.67. The molecule has 4 N–H and O–H groups in total. The number of nitrogens with one attached hydrogen (secondary N) is 2. The summed E-state index contributed by atoms with van der Waals surface area (Å²) in [6.07, 6.45) is 2.07. The molecule has 0 aliphatic heterocycles. The first-order chi connectivity index (χ1) is 14.3. The predicted octanol–water partition coefficient (Wildman–Crippen LogP) is 1.51. The van der Waals surface area contributed by atoms with Gasteiger partial charge >= 0.3 is 0 Å². The molecule has 0 aromatic heterocycles.